The van der Waals surface area contributed by atoms with Gasteiger partial charge in [-0.05, 0) is 116 Å². The molecule has 4 aliphatic carbocycles. The number of fused-ring (bicyclic) bond motifs is 5. The van der Waals surface area contributed by atoms with Gasteiger partial charge in [0.1, 0.15) is 6.10 Å². The lowest BCUT2D eigenvalue weighted by molar-refractivity contribution is -0.270. The molecule has 0 radical (unpaired) electrons. The summed E-state index contributed by atoms with van der Waals surface area (Å²) in [5.41, 5.74) is 2.23. The average Bonchev–Trinajstić information content (AvgIpc) is 3.07. The minimum Gasteiger partial charge on any atom is -0.389 e. The Kier molecular flexibility index (Phi) is 6.30. The van der Waals surface area contributed by atoms with Crippen LogP contribution in [0.15, 0.2) is 23.8 Å². The molecule has 0 aromatic rings. The SMILES string of the molecule is C=C(C)C(CC[C@@H](C)C1CCC2C3C[C@@H](O)C4=CC(=O)CCC4(C)C3CCC21C)OO. The van der Waals surface area contributed by atoms with Crippen molar-refractivity contribution in [3.8, 4) is 0 Å². The summed E-state index contributed by atoms with van der Waals surface area (Å²) in [6.45, 7) is 13.1. The van der Waals surface area contributed by atoms with Crippen LogP contribution in [0.3, 0.4) is 0 Å². The van der Waals surface area contributed by atoms with Crippen molar-refractivity contribution in [1.29, 1.82) is 0 Å². The first-order valence-electron chi connectivity index (χ1n) is 12.5. The predicted octanol–water partition coefficient (Wildman–Crippen LogP) is 5.96. The van der Waals surface area contributed by atoms with Crippen molar-refractivity contribution < 1.29 is 20.0 Å². The predicted molar refractivity (Wildman–Crippen MR) is 122 cm³/mol. The van der Waals surface area contributed by atoms with Crippen LogP contribution in [-0.2, 0) is 9.68 Å². The van der Waals surface area contributed by atoms with Gasteiger partial charge in [0, 0.05) is 6.42 Å². The highest BCUT2D eigenvalue weighted by molar-refractivity contribution is 5.91. The van der Waals surface area contributed by atoms with Crippen molar-refractivity contribution >= 4 is 5.78 Å². The average molecular weight is 431 g/mol. The van der Waals surface area contributed by atoms with Crippen LogP contribution in [0.5, 0.6) is 0 Å². The van der Waals surface area contributed by atoms with Crippen molar-refractivity contribution in [2.75, 3.05) is 0 Å². The van der Waals surface area contributed by atoms with E-state index in [1.807, 2.05) is 6.92 Å². The summed E-state index contributed by atoms with van der Waals surface area (Å²) >= 11 is 0. The first-order chi connectivity index (χ1) is 14.6. The van der Waals surface area contributed by atoms with Crippen LogP contribution in [-0.4, -0.2) is 28.4 Å². The molecule has 0 saturated heterocycles. The van der Waals surface area contributed by atoms with Gasteiger partial charge in [-0.2, -0.15) is 0 Å². The number of hydrogen-bond acceptors (Lipinski definition) is 4. The number of aliphatic hydroxyl groups is 1. The van der Waals surface area contributed by atoms with Crippen molar-refractivity contribution in [2.24, 2.45) is 40.4 Å². The van der Waals surface area contributed by atoms with Gasteiger partial charge in [-0.3, -0.25) is 10.1 Å². The van der Waals surface area contributed by atoms with E-state index in [4.69, 9.17) is 0 Å². The van der Waals surface area contributed by atoms with E-state index in [0.29, 0.717) is 41.4 Å². The smallest absolute Gasteiger partial charge is 0.155 e. The highest BCUT2D eigenvalue weighted by Crippen LogP contribution is 2.67. The first kappa shape index (κ1) is 23.2. The van der Waals surface area contributed by atoms with Gasteiger partial charge in [0.25, 0.3) is 0 Å². The number of hydrogen-bond donors (Lipinski definition) is 2. The van der Waals surface area contributed by atoms with Gasteiger partial charge in [-0.25, -0.2) is 4.89 Å². The number of rotatable bonds is 6. The van der Waals surface area contributed by atoms with Crippen LogP contribution in [0, 0.1) is 40.4 Å². The minimum absolute atomic E-state index is 0.00551. The van der Waals surface area contributed by atoms with E-state index in [0.717, 1.165) is 36.8 Å². The normalized spacial score (nSPS) is 44.0. The Morgan fingerprint density at radius 2 is 1.97 bits per heavy atom. The molecule has 3 fully saturated rings. The van der Waals surface area contributed by atoms with Crippen molar-refractivity contribution in [3.05, 3.63) is 23.8 Å². The number of carbonyl (C=O) groups excluding carboxylic acids is 1. The summed E-state index contributed by atoms with van der Waals surface area (Å²) in [6.07, 6.45) is 10.3. The Hall–Kier alpha value is -0.970. The molecule has 0 aromatic heterocycles. The van der Waals surface area contributed by atoms with E-state index >= 15 is 0 Å². The lowest BCUT2D eigenvalue weighted by Gasteiger charge is -2.59. The third-order valence-electron chi connectivity index (χ3n) is 10.3. The van der Waals surface area contributed by atoms with E-state index < -0.39 is 6.10 Å². The molecule has 0 aliphatic heterocycles. The molecular formula is C27H42O4. The van der Waals surface area contributed by atoms with Gasteiger partial charge < -0.3 is 5.11 Å². The van der Waals surface area contributed by atoms with Crippen LogP contribution in [0.1, 0.15) is 85.5 Å². The fourth-order valence-corrected chi connectivity index (χ4v) is 8.59. The molecule has 31 heavy (non-hydrogen) atoms. The Labute approximate surface area is 188 Å². The number of carbonyl (C=O) groups is 1. The monoisotopic (exact) mass is 430 g/mol. The third-order valence-corrected chi connectivity index (χ3v) is 10.3. The molecule has 0 amide bonds. The Morgan fingerprint density at radius 3 is 2.65 bits per heavy atom. The van der Waals surface area contributed by atoms with E-state index in [1.54, 1.807) is 6.08 Å². The molecule has 4 nitrogen and oxygen atoms in total. The Balaban J connectivity index is 1.51. The minimum atomic E-state index is -0.452. The van der Waals surface area contributed by atoms with Crippen molar-refractivity contribution in [3.63, 3.8) is 0 Å². The highest BCUT2D eigenvalue weighted by Gasteiger charge is 2.60. The second kappa shape index (κ2) is 8.43. The zero-order valence-corrected chi connectivity index (χ0v) is 19.9. The quantitative estimate of drug-likeness (QED) is 0.310. The number of ketones is 1. The summed E-state index contributed by atoms with van der Waals surface area (Å²) in [5.74, 6) is 3.27. The standard InChI is InChI=1S/C27H42O4/c1-16(2)25(31-30)9-6-17(3)20-7-8-21-19-15-24(29)23-14-18(28)10-12-27(23,5)22(19)11-13-26(20,21)4/h14,17,19-22,24-25,29-30H,1,6-13,15H2,2-5H3/t17-,19?,20?,21?,22?,24-,25?,26?,27?/m1/s1. The van der Waals surface area contributed by atoms with Gasteiger partial charge in [0.15, 0.2) is 5.78 Å². The maximum atomic E-state index is 12.1. The molecule has 7 unspecified atom stereocenters. The first-order valence-corrected chi connectivity index (χ1v) is 12.5. The molecule has 0 spiro atoms. The van der Waals surface area contributed by atoms with Crippen LogP contribution in [0.2, 0.25) is 0 Å². The largest absolute Gasteiger partial charge is 0.389 e. The zero-order chi connectivity index (χ0) is 22.6. The molecule has 4 aliphatic rings. The summed E-state index contributed by atoms with van der Waals surface area (Å²) < 4.78 is 0. The molecule has 9 atom stereocenters. The fraction of sp³-hybridized carbons (Fsp3) is 0.815. The Morgan fingerprint density at radius 1 is 1.23 bits per heavy atom. The number of aliphatic hydroxyl groups excluding tert-OH is 1. The van der Waals surface area contributed by atoms with Crippen LogP contribution in [0.25, 0.3) is 0 Å². The maximum Gasteiger partial charge on any atom is 0.155 e. The fourth-order valence-electron chi connectivity index (χ4n) is 8.59. The molecule has 4 heteroatoms. The zero-order valence-electron chi connectivity index (χ0n) is 19.9. The van der Waals surface area contributed by atoms with Gasteiger partial charge in [-0.1, -0.05) is 27.4 Å². The van der Waals surface area contributed by atoms with E-state index in [-0.39, 0.29) is 17.3 Å². The second-order valence-electron chi connectivity index (χ2n) is 11.8. The van der Waals surface area contributed by atoms with E-state index in [2.05, 4.69) is 32.2 Å². The lowest BCUT2D eigenvalue weighted by atomic mass is 9.46. The summed E-state index contributed by atoms with van der Waals surface area (Å²) in [4.78, 5) is 16.7. The van der Waals surface area contributed by atoms with Crippen molar-refractivity contribution in [2.45, 2.75) is 97.7 Å². The maximum absolute atomic E-state index is 12.1. The molecule has 0 bridgehead atoms. The molecule has 4 rings (SSSR count). The highest BCUT2D eigenvalue weighted by atomic mass is 17.1. The van der Waals surface area contributed by atoms with Crippen molar-refractivity contribution in [1.82, 2.24) is 0 Å². The Bertz CT molecular complexity index is 756. The van der Waals surface area contributed by atoms with Gasteiger partial charge >= 0.3 is 0 Å². The van der Waals surface area contributed by atoms with Gasteiger partial charge in [-0.15, -0.1) is 0 Å². The molecule has 174 valence electrons. The molecular weight excluding hydrogens is 388 g/mol. The van der Waals surface area contributed by atoms with E-state index in [1.165, 1.54) is 25.7 Å². The molecule has 3 saturated carbocycles. The molecule has 0 heterocycles. The second-order valence-corrected chi connectivity index (χ2v) is 11.8. The van der Waals surface area contributed by atoms with Gasteiger partial charge in [0.05, 0.1) is 6.10 Å². The summed E-state index contributed by atoms with van der Waals surface area (Å²) in [7, 11) is 0. The van der Waals surface area contributed by atoms with Gasteiger partial charge in [0.2, 0.25) is 0 Å². The van der Waals surface area contributed by atoms with Crippen LogP contribution < -0.4 is 0 Å². The van der Waals surface area contributed by atoms with E-state index in [9.17, 15) is 15.2 Å². The van der Waals surface area contributed by atoms with Crippen LogP contribution >= 0.6 is 0 Å². The lowest BCUT2D eigenvalue weighted by Crippen LogP contribution is -2.54. The molecule has 0 aromatic carbocycles. The van der Waals surface area contributed by atoms with Crippen LogP contribution in [0.4, 0.5) is 0 Å². The third kappa shape index (κ3) is 3.77. The summed E-state index contributed by atoms with van der Waals surface area (Å²) in [6, 6.07) is 0. The summed E-state index contributed by atoms with van der Waals surface area (Å²) in [5, 5.41) is 20.3. The molecule has 2 N–H and O–H groups in total. The topological polar surface area (TPSA) is 66.8 Å².